The van der Waals surface area contributed by atoms with Crippen molar-refractivity contribution in [2.75, 3.05) is 27.3 Å². The lowest BCUT2D eigenvalue weighted by molar-refractivity contribution is 0.200. The van der Waals surface area contributed by atoms with Crippen LogP contribution in [0.3, 0.4) is 0 Å². The highest BCUT2D eigenvalue weighted by Gasteiger charge is 2.27. The van der Waals surface area contributed by atoms with Gasteiger partial charge in [0.25, 0.3) is 0 Å². The first-order valence-electron chi connectivity index (χ1n) is 5.07. The summed E-state index contributed by atoms with van der Waals surface area (Å²) < 4.78 is 5.30. The minimum Gasteiger partial charge on any atom is -0.496 e. The third-order valence-electron chi connectivity index (χ3n) is 2.67. The second-order valence-corrected chi connectivity index (χ2v) is 3.95. The molecule has 0 bridgehead atoms. The highest BCUT2D eigenvalue weighted by molar-refractivity contribution is 5.39. The van der Waals surface area contributed by atoms with Crippen molar-refractivity contribution in [2.24, 2.45) is 0 Å². The van der Waals surface area contributed by atoms with Gasteiger partial charge in [0.1, 0.15) is 5.75 Å². The molecule has 0 aromatic heterocycles. The number of methoxy groups -OCH3 is 1. The van der Waals surface area contributed by atoms with Gasteiger partial charge in [-0.05, 0) is 13.1 Å². The smallest absolute Gasteiger partial charge is 0.122 e. The Hall–Kier alpha value is -1.06. The molecule has 0 fully saturated rings. The summed E-state index contributed by atoms with van der Waals surface area (Å²) in [6.07, 6.45) is 0. The van der Waals surface area contributed by atoms with Gasteiger partial charge in [-0.15, -0.1) is 0 Å². The lowest BCUT2D eigenvalue weighted by atomic mass is 9.82. The molecule has 0 heterocycles. The van der Waals surface area contributed by atoms with Crippen molar-refractivity contribution in [1.82, 2.24) is 5.32 Å². The van der Waals surface area contributed by atoms with Gasteiger partial charge in [-0.3, -0.25) is 0 Å². The van der Waals surface area contributed by atoms with Gasteiger partial charge in [0.2, 0.25) is 0 Å². The van der Waals surface area contributed by atoms with Crippen LogP contribution in [-0.4, -0.2) is 32.4 Å². The van der Waals surface area contributed by atoms with Crippen LogP contribution in [0, 0.1) is 0 Å². The van der Waals surface area contributed by atoms with E-state index in [4.69, 9.17) is 4.74 Å². The van der Waals surface area contributed by atoms with Crippen molar-refractivity contribution in [3.63, 3.8) is 0 Å². The summed E-state index contributed by atoms with van der Waals surface area (Å²) >= 11 is 0. The van der Waals surface area contributed by atoms with Crippen LogP contribution >= 0.6 is 0 Å². The van der Waals surface area contributed by atoms with Gasteiger partial charge in [-0.25, -0.2) is 0 Å². The van der Waals surface area contributed by atoms with E-state index in [9.17, 15) is 5.11 Å². The molecule has 0 aliphatic heterocycles. The van der Waals surface area contributed by atoms with E-state index >= 15 is 0 Å². The van der Waals surface area contributed by atoms with Crippen LogP contribution in [0.2, 0.25) is 0 Å². The fourth-order valence-electron chi connectivity index (χ4n) is 1.77. The van der Waals surface area contributed by atoms with Crippen molar-refractivity contribution >= 4 is 0 Å². The maximum Gasteiger partial charge on any atom is 0.122 e. The number of para-hydroxylation sites is 1. The molecular weight excluding hydrogens is 190 g/mol. The molecule has 0 radical (unpaired) electrons. The van der Waals surface area contributed by atoms with E-state index in [1.54, 1.807) is 7.11 Å². The van der Waals surface area contributed by atoms with E-state index in [2.05, 4.69) is 5.32 Å². The molecule has 2 N–H and O–H groups in total. The molecule has 0 aliphatic carbocycles. The van der Waals surface area contributed by atoms with E-state index in [1.807, 2.05) is 38.2 Å². The van der Waals surface area contributed by atoms with Crippen molar-refractivity contribution < 1.29 is 9.84 Å². The summed E-state index contributed by atoms with van der Waals surface area (Å²) in [6.45, 7) is 2.82. The summed E-state index contributed by atoms with van der Waals surface area (Å²) in [7, 11) is 3.53. The zero-order chi connectivity index (χ0) is 11.3. The van der Waals surface area contributed by atoms with E-state index in [0.717, 1.165) is 11.3 Å². The molecule has 0 saturated carbocycles. The van der Waals surface area contributed by atoms with Crippen molar-refractivity contribution in [3.05, 3.63) is 29.8 Å². The Morgan fingerprint density at radius 3 is 2.60 bits per heavy atom. The van der Waals surface area contributed by atoms with E-state index < -0.39 is 0 Å². The predicted molar refractivity (Wildman–Crippen MR) is 61.4 cm³/mol. The van der Waals surface area contributed by atoms with Gasteiger partial charge in [-0.1, -0.05) is 25.1 Å². The number of rotatable bonds is 5. The van der Waals surface area contributed by atoms with Gasteiger partial charge in [0, 0.05) is 17.5 Å². The average molecular weight is 209 g/mol. The SMILES string of the molecule is CNCC(C)(CO)c1ccccc1OC. The van der Waals surface area contributed by atoms with Crippen LogP contribution in [-0.2, 0) is 5.41 Å². The summed E-state index contributed by atoms with van der Waals surface area (Å²) in [4.78, 5) is 0. The van der Waals surface area contributed by atoms with Crippen LogP contribution in [0.5, 0.6) is 5.75 Å². The molecule has 1 aromatic rings. The average Bonchev–Trinajstić information content (AvgIpc) is 2.29. The Kier molecular flexibility index (Phi) is 4.12. The topological polar surface area (TPSA) is 41.5 Å². The Morgan fingerprint density at radius 2 is 2.07 bits per heavy atom. The molecular formula is C12H19NO2. The molecule has 0 aliphatic rings. The van der Waals surface area contributed by atoms with Gasteiger partial charge >= 0.3 is 0 Å². The molecule has 3 heteroatoms. The van der Waals surface area contributed by atoms with E-state index in [-0.39, 0.29) is 12.0 Å². The molecule has 0 amide bonds. The minimum atomic E-state index is -0.304. The standard InChI is InChI=1S/C12H19NO2/c1-12(9-14,8-13-2)10-6-4-5-7-11(10)15-3/h4-7,13-14H,8-9H2,1-3H3. The molecule has 1 unspecified atom stereocenters. The maximum atomic E-state index is 9.49. The van der Waals surface area contributed by atoms with Crippen molar-refractivity contribution in [3.8, 4) is 5.75 Å². The van der Waals surface area contributed by atoms with Gasteiger partial charge in [0.15, 0.2) is 0 Å². The third kappa shape index (κ3) is 2.49. The summed E-state index contributed by atoms with van der Waals surface area (Å²) in [5, 5.41) is 12.6. The zero-order valence-corrected chi connectivity index (χ0v) is 9.58. The van der Waals surface area contributed by atoms with Gasteiger partial charge in [-0.2, -0.15) is 0 Å². The van der Waals surface area contributed by atoms with Crippen molar-refractivity contribution in [2.45, 2.75) is 12.3 Å². The Balaban J connectivity index is 3.10. The largest absolute Gasteiger partial charge is 0.496 e. The third-order valence-corrected chi connectivity index (χ3v) is 2.67. The minimum absolute atomic E-state index is 0.0915. The summed E-state index contributed by atoms with van der Waals surface area (Å²) in [5.41, 5.74) is 0.728. The molecule has 84 valence electrons. The molecule has 3 nitrogen and oxygen atoms in total. The number of hydrogen-bond acceptors (Lipinski definition) is 3. The molecule has 1 atom stereocenters. The van der Waals surface area contributed by atoms with Crippen molar-refractivity contribution in [1.29, 1.82) is 0 Å². The number of nitrogens with one attached hydrogen (secondary N) is 1. The second kappa shape index (κ2) is 5.14. The van der Waals surface area contributed by atoms with Gasteiger partial charge in [0.05, 0.1) is 13.7 Å². The number of benzene rings is 1. The predicted octanol–water partition coefficient (Wildman–Crippen LogP) is 1.16. The number of likely N-dealkylation sites (N-methyl/N-ethyl adjacent to an activating group) is 1. The molecule has 0 spiro atoms. The highest BCUT2D eigenvalue weighted by Crippen LogP contribution is 2.30. The number of hydrogen-bond donors (Lipinski definition) is 2. The highest BCUT2D eigenvalue weighted by atomic mass is 16.5. The van der Waals surface area contributed by atoms with Gasteiger partial charge < -0.3 is 15.2 Å². The maximum absolute atomic E-state index is 9.49. The fourth-order valence-corrected chi connectivity index (χ4v) is 1.77. The fraction of sp³-hybridized carbons (Fsp3) is 0.500. The van der Waals surface area contributed by atoms with E-state index in [0.29, 0.717) is 6.54 Å². The molecule has 1 rings (SSSR count). The normalized spacial score (nSPS) is 14.7. The number of aliphatic hydroxyl groups excluding tert-OH is 1. The van der Waals surface area contributed by atoms with Crippen LogP contribution in [0.25, 0.3) is 0 Å². The first-order valence-corrected chi connectivity index (χ1v) is 5.07. The summed E-state index contributed by atoms with van der Waals surface area (Å²) in [6, 6.07) is 7.80. The first-order chi connectivity index (χ1) is 7.18. The molecule has 0 saturated heterocycles. The van der Waals surface area contributed by atoms with E-state index in [1.165, 1.54) is 0 Å². The Bertz CT molecular complexity index is 314. The number of ether oxygens (including phenoxy) is 1. The molecule has 15 heavy (non-hydrogen) atoms. The monoisotopic (exact) mass is 209 g/mol. The Labute approximate surface area is 91.1 Å². The van der Waals surface area contributed by atoms with Crippen LogP contribution in [0.15, 0.2) is 24.3 Å². The lowest BCUT2D eigenvalue weighted by Gasteiger charge is -2.29. The second-order valence-electron chi connectivity index (χ2n) is 3.95. The Morgan fingerprint density at radius 1 is 1.40 bits per heavy atom. The summed E-state index contributed by atoms with van der Waals surface area (Å²) in [5.74, 6) is 0.823. The lowest BCUT2D eigenvalue weighted by Crippen LogP contribution is -2.37. The van der Waals surface area contributed by atoms with Crippen LogP contribution in [0.1, 0.15) is 12.5 Å². The van der Waals surface area contributed by atoms with Crippen LogP contribution in [0.4, 0.5) is 0 Å². The quantitative estimate of drug-likeness (QED) is 0.764. The zero-order valence-electron chi connectivity index (χ0n) is 9.58. The molecule has 1 aromatic carbocycles. The first kappa shape index (κ1) is 12.0. The van der Waals surface area contributed by atoms with Crippen LogP contribution < -0.4 is 10.1 Å². The number of aliphatic hydroxyl groups is 1.